The zero-order valence-electron chi connectivity index (χ0n) is 15.8. The van der Waals surface area contributed by atoms with E-state index in [2.05, 4.69) is 20.3 Å². The lowest BCUT2D eigenvalue weighted by Gasteiger charge is -2.13. The summed E-state index contributed by atoms with van der Waals surface area (Å²) in [6.07, 6.45) is 0. The standard InChI is InChI=1S/C20H20N4O3S/c1-11-21-14-6-4-12(8-15(14)22-11)20-24-17(10-28-20)19(25)23-16-9-13(26-2)5-7-18(16)27-3/h4-9,17H,10H2,1-3H3,(H,21,22)(H,23,25). The van der Waals surface area contributed by atoms with E-state index < -0.39 is 6.04 Å². The number of carbonyl (C=O) groups is 1. The van der Waals surface area contributed by atoms with E-state index in [4.69, 9.17) is 9.47 Å². The van der Waals surface area contributed by atoms with E-state index in [1.807, 2.05) is 25.1 Å². The minimum absolute atomic E-state index is 0.174. The molecule has 0 spiro atoms. The van der Waals surface area contributed by atoms with Crippen molar-refractivity contribution < 1.29 is 14.3 Å². The van der Waals surface area contributed by atoms with Crippen molar-refractivity contribution in [3.63, 3.8) is 0 Å². The van der Waals surface area contributed by atoms with Gasteiger partial charge >= 0.3 is 0 Å². The molecular weight excluding hydrogens is 376 g/mol. The van der Waals surface area contributed by atoms with Gasteiger partial charge in [0.25, 0.3) is 0 Å². The number of nitrogens with one attached hydrogen (secondary N) is 2. The Balaban J connectivity index is 1.54. The number of aryl methyl sites for hydroxylation is 1. The van der Waals surface area contributed by atoms with Crippen LogP contribution in [0.25, 0.3) is 11.0 Å². The van der Waals surface area contributed by atoms with Crippen LogP contribution in [0.5, 0.6) is 11.5 Å². The summed E-state index contributed by atoms with van der Waals surface area (Å²) in [5.41, 5.74) is 3.43. The zero-order chi connectivity index (χ0) is 19.7. The molecule has 0 saturated carbocycles. The molecule has 1 unspecified atom stereocenters. The van der Waals surface area contributed by atoms with Gasteiger partial charge in [0.2, 0.25) is 5.91 Å². The van der Waals surface area contributed by atoms with E-state index in [0.717, 1.165) is 27.5 Å². The van der Waals surface area contributed by atoms with Crippen LogP contribution >= 0.6 is 11.8 Å². The summed E-state index contributed by atoms with van der Waals surface area (Å²) in [7, 11) is 3.14. The number of fused-ring (bicyclic) bond motifs is 1. The first-order valence-electron chi connectivity index (χ1n) is 8.77. The van der Waals surface area contributed by atoms with Gasteiger partial charge in [-0.3, -0.25) is 9.79 Å². The number of ether oxygens (including phenoxy) is 2. The number of imidazole rings is 1. The van der Waals surface area contributed by atoms with Crippen molar-refractivity contribution in [1.29, 1.82) is 0 Å². The van der Waals surface area contributed by atoms with Crippen LogP contribution in [0.2, 0.25) is 0 Å². The van der Waals surface area contributed by atoms with Gasteiger partial charge in [0.05, 0.1) is 36.0 Å². The van der Waals surface area contributed by atoms with Crippen molar-refractivity contribution in [2.45, 2.75) is 13.0 Å². The van der Waals surface area contributed by atoms with Gasteiger partial charge in [0.15, 0.2) is 0 Å². The highest BCUT2D eigenvalue weighted by Crippen LogP contribution is 2.31. The number of rotatable bonds is 5. The quantitative estimate of drug-likeness (QED) is 0.690. The summed E-state index contributed by atoms with van der Waals surface area (Å²) in [5.74, 6) is 2.51. The second-order valence-corrected chi connectivity index (χ2v) is 7.38. The number of hydrogen-bond acceptors (Lipinski definition) is 6. The lowest BCUT2D eigenvalue weighted by molar-refractivity contribution is -0.116. The number of methoxy groups -OCH3 is 2. The van der Waals surface area contributed by atoms with E-state index >= 15 is 0 Å². The zero-order valence-corrected chi connectivity index (χ0v) is 16.6. The summed E-state index contributed by atoms with van der Waals surface area (Å²) >= 11 is 1.57. The third-order valence-corrected chi connectivity index (χ3v) is 5.56. The number of amides is 1. The molecule has 144 valence electrons. The predicted octanol–water partition coefficient (Wildman–Crippen LogP) is 3.39. The summed E-state index contributed by atoms with van der Waals surface area (Å²) in [6, 6.07) is 10.8. The van der Waals surface area contributed by atoms with Crippen LogP contribution in [0.4, 0.5) is 5.69 Å². The molecule has 2 heterocycles. The van der Waals surface area contributed by atoms with Crippen molar-refractivity contribution >= 4 is 39.4 Å². The summed E-state index contributed by atoms with van der Waals surface area (Å²) in [5, 5.41) is 3.76. The van der Waals surface area contributed by atoms with Gasteiger partial charge in [0, 0.05) is 17.4 Å². The van der Waals surface area contributed by atoms with Gasteiger partial charge < -0.3 is 19.8 Å². The molecule has 7 nitrogen and oxygen atoms in total. The second-order valence-electron chi connectivity index (χ2n) is 6.37. The molecule has 1 atom stereocenters. The van der Waals surface area contributed by atoms with Crippen molar-refractivity contribution in [2.24, 2.45) is 4.99 Å². The topological polar surface area (TPSA) is 88.6 Å². The number of H-pyrrole nitrogens is 1. The third kappa shape index (κ3) is 3.55. The maximum absolute atomic E-state index is 12.7. The third-order valence-electron chi connectivity index (χ3n) is 4.47. The average molecular weight is 396 g/mol. The smallest absolute Gasteiger partial charge is 0.250 e. The summed E-state index contributed by atoms with van der Waals surface area (Å²) < 4.78 is 10.5. The molecule has 0 radical (unpaired) electrons. The molecule has 0 saturated heterocycles. The van der Waals surface area contributed by atoms with E-state index in [1.54, 1.807) is 44.2 Å². The van der Waals surface area contributed by atoms with Crippen LogP contribution < -0.4 is 14.8 Å². The first-order valence-corrected chi connectivity index (χ1v) is 9.76. The Labute approximate surface area is 166 Å². The maximum atomic E-state index is 12.7. The number of nitrogens with zero attached hydrogens (tertiary/aromatic N) is 2. The van der Waals surface area contributed by atoms with Gasteiger partial charge in [-0.2, -0.15) is 0 Å². The fourth-order valence-electron chi connectivity index (χ4n) is 3.06. The highest BCUT2D eigenvalue weighted by atomic mass is 32.2. The number of thioether (sulfide) groups is 1. The van der Waals surface area contributed by atoms with Gasteiger partial charge in [-0.15, -0.1) is 11.8 Å². The first kappa shape index (κ1) is 18.4. The van der Waals surface area contributed by atoms with E-state index in [9.17, 15) is 4.79 Å². The summed E-state index contributed by atoms with van der Waals surface area (Å²) in [6.45, 7) is 1.93. The molecule has 0 bridgehead atoms. The number of aromatic nitrogens is 2. The first-order chi connectivity index (χ1) is 13.6. The summed E-state index contributed by atoms with van der Waals surface area (Å²) in [4.78, 5) is 25.0. The Hall–Kier alpha value is -3.00. The molecule has 1 aromatic heterocycles. The highest BCUT2D eigenvalue weighted by Gasteiger charge is 2.26. The molecule has 2 N–H and O–H groups in total. The van der Waals surface area contributed by atoms with Crippen LogP contribution in [0.1, 0.15) is 11.4 Å². The van der Waals surface area contributed by atoms with Crippen molar-refractivity contribution in [3.05, 3.63) is 47.8 Å². The maximum Gasteiger partial charge on any atom is 0.250 e. The molecule has 1 amide bonds. The predicted molar refractivity (Wildman–Crippen MR) is 112 cm³/mol. The molecule has 1 aliphatic heterocycles. The van der Waals surface area contributed by atoms with Crippen LogP contribution in [0, 0.1) is 6.92 Å². The van der Waals surface area contributed by atoms with E-state index in [1.165, 1.54) is 0 Å². The van der Waals surface area contributed by atoms with Crippen molar-refractivity contribution in [2.75, 3.05) is 25.3 Å². The van der Waals surface area contributed by atoms with Gasteiger partial charge in [-0.05, 0) is 37.3 Å². The highest BCUT2D eigenvalue weighted by molar-refractivity contribution is 8.14. The van der Waals surface area contributed by atoms with Gasteiger partial charge in [0.1, 0.15) is 23.4 Å². The van der Waals surface area contributed by atoms with Crippen molar-refractivity contribution in [3.8, 4) is 11.5 Å². The Bertz CT molecular complexity index is 1080. The molecule has 1 aliphatic rings. The molecule has 8 heteroatoms. The number of carbonyl (C=O) groups excluding carboxylic acids is 1. The van der Waals surface area contributed by atoms with Crippen LogP contribution in [-0.2, 0) is 4.79 Å². The van der Waals surface area contributed by atoms with E-state index in [0.29, 0.717) is 22.9 Å². The Morgan fingerprint density at radius 2 is 2.07 bits per heavy atom. The number of aromatic amines is 1. The molecule has 0 fully saturated rings. The number of aliphatic imine (C=N–C) groups is 1. The lowest BCUT2D eigenvalue weighted by atomic mass is 10.2. The minimum Gasteiger partial charge on any atom is -0.497 e. The molecule has 0 aliphatic carbocycles. The number of anilines is 1. The number of hydrogen-bond donors (Lipinski definition) is 2. The average Bonchev–Trinajstić information content (AvgIpc) is 3.33. The Kier molecular flexibility index (Phi) is 4.95. The molecule has 2 aromatic carbocycles. The van der Waals surface area contributed by atoms with Crippen LogP contribution in [0.15, 0.2) is 41.4 Å². The van der Waals surface area contributed by atoms with Gasteiger partial charge in [-0.1, -0.05) is 0 Å². The Morgan fingerprint density at radius 3 is 2.86 bits per heavy atom. The van der Waals surface area contributed by atoms with E-state index in [-0.39, 0.29) is 5.91 Å². The van der Waals surface area contributed by atoms with Crippen LogP contribution in [0.3, 0.4) is 0 Å². The minimum atomic E-state index is -0.463. The Morgan fingerprint density at radius 1 is 1.21 bits per heavy atom. The van der Waals surface area contributed by atoms with Crippen molar-refractivity contribution in [1.82, 2.24) is 9.97 Å². The molecule has 28 heavy (non-hydrogen) atoms. The molecular formula is C20H20N4O3S. The SMILES string of the molecule is COc1ccc(OC)c(NC(=O)C2CSC(c3ccc4nc(C)[nH]c4c3)=N2)c1. The normalized spacial score (nSPS) is 16.1. The number of benzene rings is 2. The lowest BCUT2D eigenvalue weighted by Crippen LogP contribution is -2.26. The van der Waals surface area contributed by atoms with Crippen LogP contribution in [-0.4, -0.2) is 46.9 Å². The largest absolute Gasteiger partial charge is 0.497 e. The second kappa shape index (κ2) is 7.55. The van der Waals surface area contributed by atoms with Gasteiger partial charge in [-0.25, -0.2) is 4.98 Å². The fraction of sp³-hybridized carbons (Fsp3) is 0.250. The molecule has 4 rings (SSSR count). The molecule has 3 aromatic rings. The monoisotopic (exact) mass is 396 g/mol. The fourth-order valence-corrected chi connectivity index (χ4v) is 4.10.